The lowest BCUT2D eigenvalue weighted by Gasteiger charge is -2.25. The summed E-state index contributed by atoms with van der Waals surface area (Å²) in [5, 5.41) is 11.4. The molecule has 1 fully saturated rings. The predicted octanol–water partition coefficient (Wildman–Crippen LogP) is 4.55. The fourth-order valence-electron chi connectivity index (χ4n) is 3.85. The number of amides is 1. The third-order valence-electron chi connectivity index (χ3n) is 5.52. The van der Waals surface area contributed by atoms with E-state index in [4.69, 9.17) is 16.3 Å². The number of carbonyl (C=O) groups is 2. The van der Waals surface area contributed by atoms with Crippen molar-refractivity contribution in [3.63, 3.8) is 0 Å². The van der Waals surface area contributed by atoms with Gasteiger partial charge in [-0.25, -0.2) is 4.39 Å². The van der Waals surface area contributed by atoms with Gasteiger partial charge >= 0.3 is 0 Å². The van der Waals surface area contributed by atoms with E-state index in [2.05, 4.69) is 4.98 Å². The van der Waals surface area contributed by atoms with Crippen molar-refractivity contribution in [3.8, 4) is 5.75 Å². The first-order chi connectivity index (χ1) is 15.9. The van der Waals surface area contributed by atoms with Gasteiger partial charge in [0.1, 0.15) is 17.3 Å². The van der Waals surface area contributed by atoms with E-state index in [1.165, 1.54) is 30.2 Å². The first-order valence-electron chi connectivity index (χ1n) is 10.2. The van der Waals surface area contributed by atoms with Crippen LogP contribution in [0.4, 0.5) is 4.39 Å². The van der Waals surface area contributed by atoms with Crippen LogP contribution >= 0.6 is 11.6 Å². The van der Waals surface area contributed by atoms with E-state index >= 15 is 0 Å². The number of pyridine rings is 1. The van der Waals surface area contributed by atoms with Crippen molar-refractivity contribution in [2.45, 2.75) is 12.5 Å². The molecule has 3 aromatic rings. The number of nitrogens with zero attached hydrogens (tertiary/aromatic N) is 2. The normalized spacial score (nSPS) is 17.4. The van der Waals surface area contributed by atoms with Crippen molar-refractivity contribution in [2.24, 2.45) is 0 Å². The Kier molecular flexibility index (Phi) is 6.42. The molecule has 8 heteroatoms. The maximum absolute atomic E-state index is 13.2. The summed E-state index contributed by atoms with van der Waals surface area (Å²) in [5.41, 5.74) is 1.47. The molecule has 0 saturated carbocycles. The molecule has 2 heterocycles. The van der Waals surface area contributed by atoms with E-state index in [0.29, 0.717) is 17.7 Å². The molecule has 1 aromatic heterocycles. The molecule has 4 rings (SSSR count). The quantitative estimate of drug-likeness (QED) is 0.327. The summed E-state index contributed by atoms with van der Waals surface area (Å²) in [4.78, 5) is 31.6. The number of aromatic nitrogens is 1. The average Bonchev–Trinajstić information content (AvgIpc) is 3.09. The summed E-state index contributed by atoms with van der Waals surface area (Å²) in [5.74, 6) is -1.88. The Morgan fingerprint density at radius 1 is 1.18 bits per heavy atom. The molecule has 1 atom stereocenters. The van der Waals surface area contributed by atoms with Crippen molar-refractivity contribution in [3.05, 3.63) is 100 Å². The maximum atomic E-state index is 13.2. The molecular formula is C25H20ClFN2O4. The van der Waals surface area contributed by atoms with Gasteiger partial charge in [0.15, 0.2) is 0 Å². The number of benzene rings is 2. The number of hydrogen-bond donors (Lipinski definition) is 1. The predicted molar refractivity (Wildman–Crippen MR) is 121 cm³/mol. The molecule has 1 N–H and O–H groups in total. The Balaban J connectivity index is 1.79. The van der Waals surface area contributed by atoms with Crippen LogP contribution in [0.1, 0.15) is 22.7 Å². The van der Waals surface area contributed by atoms with E-state index in [-0.39, 0.29) is 28.5 Å². The summed E-state index contributed by atoms with van der Waals surface area (Å²) in [6.07, 6.45) is 3.51. The van der Waals surface area contributed by atoms with E-state index < -0.39 is 23.5 Å². The van der Waals surface area contributed by atoms with Crippen molar-refractivity contribution in [1.29, 1.82) is 0 Å². The minimum atomic E-state index is -0.860. The van der Waals surface area contributed by atoms with Crippen LogP contribution < -0.4 is 4.74 Å². The minimum absolute atomic E-state index is 0.0812. The number of ether oxygens (including phenoxy) is 1. The standard InChI is InChI=1S/C25H20ClFN2O4/c1-33-18-8-9-20(26)19(13-18)23(30)21-22(16-3-2-11-28-14-16)29(25(32)24(21)31)12-10-15-4-6-17(27)7-5-15/h2-9,11,13-14,22,30H,10,12H2,1H3/b23-21+. The Morgan fingerprint density at radius 3 is 2.61 bits per heavy atom. The van der Waals surface area contributed by atoms with Gasteiger partial charge in [0.25, 0.3) is 11.7 Å². The van der Waals surface area contributed by atoms with Gasteiger partial charge in [0.2, 0.25) is 0 Å². The molecule has 1 aliphatic heterocycles. The molecule has 6 nitrogen and oxygen atoms in total. The highest BCUT2D eigenvalue weighted by molar-refractivity contribution is 6.47. The first-order valence-corrected chi connectivity index (χ1v) is 10.5. The number of methoxy groups -OCH3 is 1. The van der Waals surface area contributed by atoms with Crippen LogP contribution in [0.5, 0.6) is 5.75 Å². The fraction of sp³-hybridized carbons (Fsp3) is 0.160. The zero-order valence-electron chi connectivity index (χ0n) is 17.7. The zero-order valence-corrected chi connectivity index (χ0v) is 18.4. The number of halogens is 2. The van der Waals surface area contributed by atoms with Crippen molar-refractivity contribution < 1.29 is 23.8 Å². The van der Waals surface area contributed by atoms with Crippen molar-refractivity contribution in [2.75, 3.05) is 13.7 Å². The molecule has 1 saturated heterocycles. The number of aliphatic hydroxyl groups is 1. The third kappa shape index (κ3) is 4.45. The van der Waals surface area contributed by atoms with E-state index in [9.17, 15) is 19.1 Å². The molecule has 0 radical (unpaired) electrons. The number of Topliss-reactive ketones (excluding diaryl/α,β-unsaturated/α-hetero) is 1. The van der Waals surface area contributed by atoms with Crippen molar-refractivity contribution in [1.82, 2.24) is 9.88 Å². The Bertz CT molecular complexity index is 1230. The summed E-state index contributed by atoms with van der Waals surface area (Å²) < 4.78 is 18.5. The highest BCUT2D eigenvalue weighted by Gasteiger charge is 2.46. The van der Waals surface area contributed by atoms with Gasteiger partial charge in [-0.1, -0.05) is 29.8 Å². The van der Waals surface area contributed by atoms with Gasteiger partial charge in [-0.15, -0.1) is 0 Å². The maximum Gasteiger partial charge on any atom is 0.295 e. The van der Waals surface area contributed by atoms with Crippen LogP contribution in [0.3, 0.4) is 0 Å². The lowest BCUT2D eigenvalue weighted by molar-refractivity contribution is -0.139. The molecule has 0 spiro atoms. The smallest absolute Gasteiger partial charge is 0.295 e. The molecule has 0 aliphatic carbocycles. The van der Waals surface area contributed by atoms with E-state index in [1.807, 2.05) is 0 Å². The van der Waals surface area contributed by atoms with Crippen LogP contribution in [0.2, 0.25) is 5.02 Å². The van der Waals surface area contributed by atoms with Crippen molar-refractivity contribution >= 4 is 29.1 Å². The van der Waals surface area contributed by atoms with Crippen LogP contribution in [0.25, 0.3) is 5.76 Å². The van der Waals surface area contributed by atoms with Crippen LogP contribution in [0, 0.1) is 5.82 Å². The number of hydrogen-bond acceptors (Lipinski definition) is 5. The molecule has 1 unspecified atom stereocenters. The monoisotopic (exact) mass is 466 g/mol. The SMILES string of the molecule is COc1ccc(Cl)c(/C(O)=C2\C(=O)C(=O)N(CCc3ccc(F)cc3)C2c2cccnc2)c1. The third-order valence-corrected chi connectivity index (χ3v) is 5.85. The summed E-state index contributed by atoms with van der Waals surface area (Å²) >= 11 is 6.29. The van der Waals surface area contributed by atoms with E-state index in [1.54, 1.807) is 48.8 Å². The topological polar surface area (TPSA) is 79.7 Å². The Hall–Kier alpha value is -3.71. The molecule has 0 bridgehead atoms. The Labute approximate surface area is 194 Å². The second-order valence-corrected chi connectivity index (χ2v) is 7.91. The number of likely N-dealkylation sites (tertiary alicyclic amines) is 1. The van der Waals surface area contributed by atoms with Gasteiger partial charge in [0.05, 0.1) is 23.7 Å². The number of rotatable bonds is 6. The summed E-state index contributed by atoms with van der Waals surface area (Å²) in [6, 6.07) is 13.2. The second-order valence-electron chi connectivity index (χ2n) is 7.50. The fourth-order valence-corrected chi connectivity index (χ4v) is 4.06. The lowest BCUT2D eigenvalue weighted by atomic mass is 9.96. The molecule has 33 heavy (non-hydrogen) atoms. The van der Waals surface area contributed by atoms with Gasteiger partial charge in [-0.2, -0.15) is 0 Å². The molecule has 2 aromatic carbocycles. The second kappa shape index (κ2) is 9.42. The summed E-state index contributed by atoms with van der Waals surface area (Å²) in [6.45, 7) is 0.179. The zero-order chi connectivity index (χ0) is 23.5. The number of carbonyl (C=O) groups excluding carboxylic acids is 2. The van der Waals surface area contributed by atoms with Gasteiger partial charge in [0, 0.05) is 24.5 Å². The van der Waals surface area contributed by atoms with Crippen LogP contribution in [0.15, 0.2) is 72.6 Å². The highest BCUT2D eigenvalue weighted by atomic mass is 35.5. The van der Waals surface area contributed by atoms with Gasteiger partial charge < -0.3 is 14.7 Å². The average molecular weight is 467 g/mol. The van der Waals surface area contributed by atoms with Gasteiger partial charge in [-0.05, 0) is 53.9 Å². The molecule has 168 valence electrons. The number of aliphatic hydroxyl groups excluding tert-OH is 1. The minimum Gasteiger partial charge on any atom is -0.507 e. The van der Waals surface area contributed by atoms with Crippen LogP contribution in [-0.4, -0.2) is 40.3 Å². The summed E-state index contributed by atoms with van der Waals surface area (Å²) in [7, 11) is 1.47. The van der Waals surface area contributed by atoms with E-state index in [0.717, 1.165) is 5.56 Å². The highest BCUT2D eigenvalue weighted by Crippen LogP contribution is 2.40. The molecular weight excluding hydrogens is 447 g/mol. The molecule has 1 aliphatic rings. The largest absolute Gasteiger partial charge is 0.507 e. The van der Waals surface area contributed by atoms with Crippen LogP contribution in [-0.2, 0) is 16.0 Å². The number of ketones is 1. The Morgan fingerprint density at radius 2 is 1.94 bits per heavy atom. The van der Waals surface area contributed by atoms with Gasteiger partial charge in [-0.3, -0.25) is 14.6 Å². The molecule has 1 amide bonds. The first kappa shape index (κ1) is 22.5. The lowest BCUT2D eigenvalue weighted by Crippen LogP contribution is -2.31.